The van der Waals surface area contributed by atoms with Crippen molar-refractivity contribution in [3.8, 4) is 0 Å². The molecular weight excluding hydrogens is 376 g/mol. The molecule has 2 aliphatic rings. The number of amides is 1. The van der Waals surface area contributed by atoms with Crippen molar-refractivity contribution in [1.29, 1.82) is 0 Å². The average Bonchev–Trinajstić information content (AvgIpc) is 3.47. The highest BCUT2D eigenvalue weighted by Gasteiger charge is 2.26. The van der Waals surface area contributed by atoms with E-state index in [1.54, 1.807) is 12.3 Å². The van der Waals surface area contributed by atoms with Gasteiger partial charge in [0.25, 0.3) is 0 Å². The highest BCUT2D eigenvalue weighted by atomic mass is 16.2. The molecule has 0 radical (unpaired) electrons. The Balaban J connectivity index is 1.34. The molecule has 1 amide bonds. The summed E-state index contributed by atoms with van der Waals surface area (Å²) in [4.78, 5) is 31.2. The van der Waals surface area contributed by atoms with E-state index in [0.29, 0.717) is 25.3 Å². The maximum Gasteiger partial charge on any atom is 0.246 e. The number of aromatic nitrogens is 3. The van der Waals surface area contributed by atoms with Crippen LogP contribution < -0.4 is 0 Å². The maximum atomic E-state index is 12.4. The fourth-order valence-corrected chi connectivity index (χ4v) is 3.74. The Kier molecular flexibility index (Phi) is 5.93. The quantitative estimate of drug-likeness (QED) is 0.715. The number of rotatable bonds is 7. The third-order valence-electron chi connectivity index (χ3n) is 5.46. The van der Waals surface area contributed by atoms with Gasteiger partial charge in [-0.1, -0.05) is 17.7 Å². The Morgan fingerprint density at radius 2 is 2.07 bits per heavy atom. The van der Waals surface area contributed by atoms with Crippen molar-refractivity contribution < 1.29 is 9.59 Å². The summed E-state index contributed by atoms with van der Waals surface area (Å²) in [6.45, 7) is 5.16. The van der Waals surface area contributed by atoms with Gasteiger partial charge in [0.15, 0.2) is 0 Å². The van der Waals surface area contributed by atoms with Crippen LogP contribution >= 0.6 is 0 Å². The minimum Gasteiger partial charge on any atom is -0.334 e. The number of pyridine rings is 1. The Morgan fingerprint density at radius 1 is 1.23 bits per heavy atom. The SMILES string of the molecule is CC(C)=CC(=O)N1CCC=C(c2ccc(CC(=O)Cc3cc(C4CC4)n[nH]3)cn2)C1. The summed E-state index contributed by atoms with van der Waals surface area (Å²) in [6.07, 6.45) is 9.55. The van der Waals surface area contributed by atoms with Crippen LogP contribution in [0.4, 0.5) is 0 Å². The van der Waals surface area contributed by atoms with E-state index < -0.39 is 0 Å². The second-order valence-corrected chi connectivity index (χ2v) is 8.54. The fraction of sp³-hybridized carbons (Fsp3) is 0.417. The Morgan fingerprint density at radius 3 is 2.77 bits per heavy atom. The third-order valence-corrected chi connectivity index (χ3v) is 5.46. The molecule has 1 N–H and O–H groups in total. The first kappa shape index (κ1) is 20.3. The second-order valence-electron chi connectivity index (χ2n) is 8.54. The van der Waals surface area contributed by atoms with E-state index in [1.807, 2.05) is 36.9 Å². The van der Waals surface area contributed by atoms with Gasteiger partial charge in [-0.3, -0.25) is 19.7 Å². The van der Waals surface area contributed by atoms with Crippen molar-refractivity contribution in [2.24, 2.45) is 0 Å². The average molecular weight is 405 g/mol. The van der Waals surface area contributed by atoms with E-state index in [4.69, 9.17) is 0 Å². The normalized spacial score (nSPS) is 16.2. The number of nitrogens with one attached hydrogen (secondary N) is 1. The van der Waals surface area contributed by atoms with Crippen LogP contribution in [0.25, 0.3) is 5.57 Å². The molecule has 2 aromatic rings. The number of carbonyl (C=O) groups excluding carboxylic acids is 2. The van der Waals surface area contributed by atoms with E-state index in [-0.39, 0.29) is 11.7 Å². The molecule has 6 heteroatoms. The summed E-state index contributed by atoms with van der Waals surface area (Å²) in [5, 5.41) is 7.30. The van der Waals surface area contributed by atoms with E-state index in [1.165, 1.54) is 12.8 Å². The zero-order valence-corrected chi connectivity index (χ0v) is 17.6. The number of carbonyl (C=O) groups is 2. The molecule has 1 fully saturated rings. The molecule has 1 aliphatic heterocycles. The van der Waals surface area contributed by atoms with Gasteiger partial charge >= 0.3 is 0 Å². The Labute approximate surface area is 177 Å². The monoisotopic (exact) mass is 404 g/mol. The largest absolute Gasteiger partial charge is 0.334 e. The topological polar surface area (TPSA) is 79.0 Å². The first-order chi connectivity index (χ1) is 14.5. The molecule has 0 bridgehead atoms. The minimum absolute atomic E-state index is 0.0477. The van der Waals surface area contributed by atoms with Crippen molar-refractivity contribution in [2.75, 3.05) is 13.1 Å². The van der Waals surface area contributed by atoms with Crippen molar-refractivity contribution in [1.82, 2.24) is 20.1 Å². The van der Waals surface area contributed by atoms with Gasteiger partial charge in [0, 0.05) is 49.8 Å². The van der Waals surface area contributed by atoms with E-state index in [9.17, 15) is 9.59 Å². The van der Waals surface area contributed by atoms with Gasteiger partial charge in [-0.15, -0.1) is 0 Å². The predicted molar refractivity (Wildman–Crippen MR) is 116 cm³/mol. The number of ketones is 1. The van der Waals surface area contributed by atoms with E-state index >= 15 is 0 Å². The molecule has 1 saturated carbocycles. The van der Waals surface area contributed by atoms with Gasteiger partial charge in [0.2, 0.25) is 5.91 Å². The molecule has 156 valence electrons. The van der Waals surface area contributed by atoms with Gasteiger partial charge in [0.1, 0.15) is 5.78 Å². The standard InChI is InChI=1S/C24H28N4O2/c1-16(2)10-24(30)28-9-3-4-19(15-28)22-8-5-17(14-25-22)11-21(29)12-20-13-23(27-26-20)18-6-7-18/h4-5,8,10,13-14,18H,3,6-7,9,11-12,15H2,1-2H3,(H,26,27). The molecule has 2 aromatic heterocycles. The number of hydrogen-bond acceptors (Lipinski definition) is 4. The van der Waals surface area contributed by atoms with Gasteiger partial charge < -0.3 is 4.90 Å². The lowest BCUT2D eigenvalue weighted by Crippen LogP contribution is -2.34. The summed E-state index contributed by atoms with van der Waals surface area (Å²) < 4.78 is 0. The highest BCUT2D eigenvalue weighted by Crippen LogP contribution is 2.39. The van der Waals surface area contributed by atoms with Crippen molar-refractivity contribution >= 4 is 17.3 Å². The third kappa shape index (κ3) is 5.12. The molecule has 3 heterocycles. The molecule has 0 spiro atoms. The summed E-state index contributed by atoms with van der Waals surface area (Å²) in [5.74, 6) is 0.779. The first-order valence-electron chi connectivity index (χ1n) is 10.6. The summed E-state index contributed by atoms with van der Waals surface area (Å²) in [7, 11) is 0. The number of allylic oxidation sites excluding steroid dienone is 1. The van der Waals surface area contributed by atoms with Crippen molar-refractivity contribution in [2.45, 2.75) is 51.9 Å². The number of hydrogen-bond donors (Lipinski definition) is 1. The first-order valence-corrected chi connectivity index (χ1v) is 10.6. The van der Waals surface area contributed by atoms with E-state index in [2.05, 4.69) is 21.3 Å². The van der Waals surface area contributed by atoms with Crippen LogP contribution in [-0.4, -0.2) is 44.9 Å². The van der Waals surface area contributed by atoms with Crippen molar-refractivity contribution in [3.05, 3.63) is 64.8 Å². The lowest BCUT2D eigenvalue weighted by Gasteiger charge is -2.26. The fourth-order valence-electron chi connectivity index (χ4n) is 3.74. The van der Waals surface area contributed by atoms with E-state index in [0.717, 1.165) is 46.8 Å². The van der Waals surface area contributed by atoms with Gasteiger partial charge in [0.05, 0.1) is 11.4 Å². The molecular formula is C24H28N4O2. The van der Waals surface area contributed by atoms with Crippen molar-refractivity contribution in [3.63, 3.8) is 0 Å². The van der Waals surface area contributed by atoms with Crippen LogP contribution in [0.15, 0.2) is 42.1 Å². The van der Waals surface area contributed by atoms with Gasteiger partial charge in [-0.2, -0.15) is 5.10 Å². The van der Waals surface area contributed by atoms with Gasteiger partial charge in [-0.05, 0) is 56.4 Å². The summed E-state index contributed by atoms with van der Waals surface area (Å²) in [6, 6.07) is 5.93. The number of aromatic amines is 1. The molecule has 0 unspecified atom stereocenters. The smallest absolute Gasteiger partial charge is 0.246 e. The second kappa shape index (κ2) is 8.78. The van der Waals surface area contributed by atoms with Crippen LogP contribution in [-0.2, 0) is 22.4 Å². The Hall–Kier alpha value is -3.02. The predicted octanol–water partition coefficient (Wildman–Crippen LogP) is 3.62. The molecule has 0 saturated heterocycles. The summed E-state index contributed by atoms with van der Waals surface area (Å²) >= 11 is 0. The summed E-state index contributed by atoms with van der Waals surface area (Å²) in [5.41, 5.74) is 5.80. The van der Waals surface area contributed by atoms with Crippen LogP contribution in [0, 0.1) is 0 Å². The molecule has 0 aromatic carbocycles. The van der Waals surface area contributed by atoms with Crippen LogP contribution in [0.1, 0.15) is 61.7 Å². The molecule has 30 heavy (non-hydrogen) atoms. The number of H-pyrrole nitrogens is 1. The van der Waals surface area contributed by atoms with Crippen LogP contribution in [0.5, 0.6) is 0 Å². The zero-order valence-electron chi connectivity index (χ0n) is 17.6. The number of nitrogens with zero attached hydrogens (tertiary/aromatic N) is 3. The van der Waals surface area contributed by atoms with Gasteiger partial charge in [-0.25, -0.2) is 0 Å². The molecule has 4 rings (SSSR count). The maximum absolute atomic E-state index is 12.4. The lowest BCUT2D eigenvalue weighted by atomic mass is 10.0. The van der Waals surface area contributed by atoms with Crippen LogP contribution in [0.2, 0.25) is 0 Å². The molecule has 1 aliphatic carbocycles. The molecule has 6 nitrogen and oxygen atoms in total. The lowest BCUT2D eigenvalue weighted by molar-refractivity contribution is -0.125. The highest BCUT2D eigenvalue weighted by molar-refractivity contribution is 5.89. The number of Topliss-reactive ketones (excluding diaryl/α,β-unsaturated/α-hetero) is 1. The minimum atomic E-state index is 0.0477. The Bertz CT molecular complexity index is 992. The zero-order chi connectivity index (χ0) is 21.1. The molecule has 0 atom stereocenters. The van der Waals surface area contributed by atoms with Crippen LogP contribution in [0.3, 0.4) is 0 Å².